The molecule has 12 N–H and O–H groups in total. The molecule has 0 bridgehead atoms. The van der Waals surface area contributed by atoms with Crippen LogP contribution in [0.15, 0.2) is 57.7 Å². The first kappa shape index (κ1) is 38.3. The highest BCUT2D eigenvalue weighted by Crippen LogP contribution is 2.39. The van der Waals surface area contributed by atoms with Crippen molar-refractivity contribution in [2.45, 2.75) is 61.4 Å². The number of carbonyl (C=O) groups excluding carboxylic acids is 1. The van der Waals surface area contributed by atoms with E-state index in [4.69, 9.17) is 28.1 Å². The molecule has 0 aliphatic carbocycles. The van der Waals surface area contributed by atoms with Crippen LogP contribution in [0.1, 0.15) is 10.4 Å². The standard InChI is InChI=1S/C34H34O20/c35-9-19-23(43)26(46)30(52-32(48)12-5-16(40)22(42)17(41)6-12)33(50-19)54-31-27(47)24(44)20(10-36)51-34(31)53-29-25(45)21-15(39)7-14(38)8-18(21)49-28(29)11-1-3-13(37)4-2-11/h1-8,19-20,23-24,26-27,30-31,33-44,46-47H,9-10H2. The second-order valence-corrected chi connectivity index (χ2v) is 12.3. The van der Waals surface area contributed by atoms with Gasteiger partial charge in [0, 0.05) is 17.7 Å². The van der Waals surface area contributed by atoms with Crippen LogP contribution in [0, 0.1) is 0 Å². The van der Waals surface area contributed by atoms with Gasteiger partial charge in [0.05, 0.1) is 18.8 Å². The van der Waals surface area contributed by atoms with Crippen molar-refractivity contribution < 1.29 is 94.2 Å². The maximum absolute atomic E-state index is 14.0. The molecule has 3 aromatic carbocycles. The van der Waals surface area contributed by atoms with Crippen LogP contribution < -0.4 is 10.2 Å². The molecule has 6 rings (SSSR count). The van der Waals surface area contributed by atoms with Crippen LogP contribution in [-0.2, 0) is 18.9 Å². The van der Waals surface area contributed by atoms with E-state index in [0.717, 1.165) is 12.1 Å². The van der Waals surface area contributed by atoms with Crippen LogP contribution in [0.5, 0.6) is 40.2 Å². The summed E-state index contributed by atoms with van der Waals surface area (Å²) in [5.74, 6) is -6.70. The molecule has 54 heavy (non-hydrogen) atoms. The van der Waals surface area contributed by atoms with Crippen LogP contribution in [0.3, 0.4) is 0 Å². The van der Waals surface area contributed by atoms with Gasteiger partial charge in [-0.15, -0.1) is 0 Å². The lowest BCUT2D eigenvalue weighted by Crippen LogP contribution is -2.65. The van der Waals surface area contributed by atoms with Gasteiger partial charge in [-0.25, -0.2) is 4.79 Å². The molecule has 290 valence electrons. The molecule has 0 saturated carbocycles. The number of aromatic hydroxyl groups is 6. The van der Waals surface area contributed by atoms with Crippen LogP contribution in [0.25, 0.3) is 22.3 Å². The number of aliphatic hydroxyl groups excluding tert-OH is 6. The van der Waals surface area contributed by atoms with Gasteiger partial charge in [-0.1, -0.05) is 0 Å². The molecule has 1 aromatic heterocycles. The van der Waals surface area contributed by atoms with Gasteiger partial charge in [0.15, 0.2) is 41.5 Å². The fourth-order valence-corrected chi connectivity index (χ4v) is 5.95. The molecule has 0 spiro atoms. The first-order valence-electron chi connectivity index (χ1n) is 16.0. The number of phenolic OH excluding ortho intramolecular Hbond substituents is 6. The molecule has 2 aliphatic heterocycles. The monoisotopic (exact) mass is 762 g/mol. The van der Waals surface area contributed by atoms with Gasteiger partial charge in [0.25, 0.3) is 0 Å². The van der Waals surface area contributed by atoms with E-state index in [-0.39, 0.29) is 22.7 Å². The zero-order chi connectivity index (χ0) is 39.2. The molecule has 20 heteroatoms. The van der Waals surface area contributed by atoms with Crippen molar-refractivity contribution in [3.8, 4) is 51.6 Å². The average Bonchev–Trinajstić information content (AvgIpc) is 3.13. The predicted molar refractivity (Wildman–Crippen MR) is 175 cm³/mol. The summed E-state index contributed by atoms with van der Waals surface area (Å²) in [5.41, 5.74) is -1.86. The van der Waals surface area contributed by atoms with E-state index in [9.17, 15) is 70.9 Å². The quantitative estimate of drug-likeness (QED) is 0.0686. The number of fused-ring (bicyclic) bond motifs is 1. The van der Waals surface area contributed by atoms with Gasteiger partial charge in [0.2, 0.25) is 17.5 Å². The van der Waals surface area contributed by atoms with Gasteiger partial charge < -0.3 is 89.4 Å². The van der Waals surface area contributed by atoms with Crippen LogP contribution >= 0.6 is 0 Å². The zero-order valence-corrected chi connectivity index (χ0v) is 27.4. The zero-order valence-electron chi connectivity index (χ0n) is 27.4. The smallest absolute Gasteiger partial charge is 0.338 e. The molecular weight excluding hydrogens is 728 g/mol. The molecule has 10 atom stereocenters. The van der Waals surface area contributed by atoms with E-state index < -0.39 is 131 Å². The second-order valence-electron chi connectivity index (χ2n) is 12.3. The Morgan fingerprint density at radius 2 is 1.26 bits per heavy atom. The number of rotatable bonds is 9. The average molecular weight is 763 g/mol. The Hall–Kier alpha value is -5.42. The van der Waals surface area contributed by atoms with Crippen molar-refractivity contribution in [3.05, 3.63) is 64.3 Å². The van der Waals surface area contributed by atoms with Crippen molar-refractivity contribution >= 4 is 16.9 Å². The molecule has 10 unspecified atom stereocenters. The van der Waals surface area contributed by atoms with Crippen molar-refractivity contribution in [2.24, 2.45) is 0 Å². The third kappa shape index (κ3) is 7.12. The topological polar surface area (TPSA) is 336 Å². The van der Waals surface area contributed by atoms with E-state index >= 15 is 0 Å². The minimum absolute atomic E-state index is 0.0917. The Morgan fingerprint density at radius 1 is 0.685 bits per heavy atom. The Morgan fingerprint density at radius 3 is 1.85 bits per heavy atom. The molecule has 2 aliphatic rings. The largest absolute Gasteiger partial charge is 0.508 e. The normalized spacial score (nSPS) is 28.5. The number of hydrogen-bond donors (Lipinski definition) is 12. The molecule has 0 radical (unpaired) electrons. The lowest BCUT2D eigenvalue weighted by atomic mass is 9.97. The van der Waals surface area contributed by atoms with Crippen LogP contribution in [-0.4, -0.2) is 142 Å². The number of esters is 1. The number of ether oxygens (including phenoxy) is 5. The summed E-state index contributed by atoms with van der Waals surface area (Å²) < 4.78 is 34.3. The summed E-state index contributed by atoms with van der Waals surface area (Å²) in [6, 6.07) is 8.34. The van der Waals surface area contributed by atoms with Gasteiger partial charge in [-0.3, -0.25) is 4.79 Å². The number of hydrogen-bond acceptors (Lipinski definition) is 20. The van der Waals surface area contributed by atoms with Gasteiger partial charge in [0.1, 0.15) is 64.8 Å². The summed E-state index contributed by atoms with van der Waals surface area (Å²) in [6.07, 6.45) is -19.5. The highest BCUT2D eigenvalue weighted by Gasteiger charge is 2.53. The van der Waals surface area contributed by atoms with E-state index in [1.807, 2.05) is 0 Å². The minimum atomic E-state index is -2.10. The SMILES string of the molecule is O=C(OC1C(OC2C(Oc3c(-c4ccc(O)cc4)oc4cc(O)cc(O)c4c3=O)OC(CO)C(O)C2O)OC(CO)C(O)C1O)c1cc(O)c(O)c(O)c1. The van der Waals surface area contributed by atoms with Crippen LogP contribution in [0.2, 0.25) is 0 Å². The van der Waals surface area contributed by atoms with Crippen molar-refractivity contribution in [3.63, 3.8) is 0 Å². The third-order valence-corrected chi connectivity index (χ3v) is 8.77. The molecule has 0 amide bonds. The Labute approximate surface area is 301 Å². The molecule has 2 saturated heterocycles. The highest BCUT2D eigenvalue weighted by molar-refractivity contribution is 5.91. The molecule has 20 nitrogen and oxygen atoms in total. The maximum atomic E-state index is 14.0. The van der Waals surface area contributed by atoms with E-state index in [0.29, 0.717) is 12.1 Å². The number of benzene rings is 3. The summed E-state index contributed by atoms with van der Waals surface area (Å²) in [7, 11) is 0. The van der Waals surface area contributed by atoms with Crippen molar-refractivity contribution in [1.29, 1.82) is 0 Å². The summed E-state index contributed by atoms with van der Waals surface area (Å²) >= 11 is 0. The lowest BCUT2D eigenvalue weighted by Gasteiger charge is -2.46. The number of phenols is 6. The fraction of sp³-hybridized carbons (Fsp3) is 0.353. The lowest BCUT2D eigenvalue weighted by molar-refractivity contribution is -0.357. The first-order valence-corrected chi connectivity index (χ1v) is 16.0. The van der Waals surface area contributed by atoms with E-state index in [1.165, 1.54) is 24.3 Å². The van der Waals surface area contributed by atoms with Crippen LogP contribution in [0.4, 0.5) is 0 Å². The van der Waals surface area contributed by atoms with E-state index in [1.54, 1.807) is 0 Å². The molecule has 4 aromatic rings. The van der Waals surface area contributed by atoms with Crippen molar-refractivity contribution in [2.75, 3.05) is 13.2 Å². The first-order chi connectivity index (χ1) is 25.6. The molecular formula is C34H34O20. The summed E-state index contributed by atoms with van der Waals surface area (Å²) in [6.45, 7) is -1.86. The molecule has 2 fully saturated rings. The van der Waals surface area contributed by atoms with Gasteiger partial charge >= 0.3 is 5.97 Å². The predicted octanol–water partition coefficient (Wildman–Crippen LogP) is -1.44. The second kappa shape index (κ2) is 15.1. The maximum Gasteiger partial charge on any atom is 0.338 e. The Balaban J connectivity index is 1.41. The summed E-state index contributed by atoms with van der Waals surface area (Å²) in [4.78, 5) is 27.1. The van der Waals surface area contributed by atoms with Crippen molar-refractivity contribution in [1.82, 2.24) is 0 Å². The third-order valence-electron chi connectivity index (χ3n) is 8.77. The number of aliphatic hydroxyl groups is 6. The molecule has 3 heterocycles. The highest BCUT2D eigenvalue weighted by atomic mass is 16.8. The van der Waals surface area contributed by atoms with Gasteiger partial charge in [-0.2, -0.15) is 0 Å². The summed E-state index contributed by atoms with van der Waals surface area (Å²) in [5, 5.41) is 123. The fourth-order valence-electron chi connectivity index (χ4n) is 5.95. The van der Waals surface area contributed by atoms with Gasteiger partial charge in [-0.05, 0) is 36.4 Å². The minimum Gasteiger partial charge on any atom is -0.508 e. The number of carbonyl (C=O) groups is 1. The van der Waals surface area contributed by atoms with E-state index in [2.05, 4.69) is 0 Å². The Kier molecular flexibility index (Phi) is 10.7. The Bertz CT molecular complexity index is 2040.